The maximum Gasteiger partial charge on any atom is 0.294 e. The number of aromatic hydroxyl groups is 1. The molecule has 2 aromatic rings. The van der Waals surface area contributed by atoms with Crippen molar-refractivity contribution < 1.29 is 18.1 Å². The average molecular weight is 298 g/mol. The van der Waals surface area contributed by atoms with Gasteiger partial charge in [-0.3, -0.25) is 4.55 Å². The van der Waals surface area contributed by atoms with Gasteiger partial charge in [-0.15, -0.1) is 5.10 Å². The van der Waals surface area contributed by atoms with Gasteiger partial charge in [-0.1, -0.05) is 12.1 Å². The third kappa shape index (κ3) is 4.30. The lowest BCUT2D eigenvalue weighted by molar-refractivity contribution is 0.475. The Morgan fingerprint density at radius 3 is 2.10 bits per heavy atom. The van der Waals surface area contributed by atoms with Crippen molar-refractivity contribution >= 4 is 26.9 Å². The molecule has 0 atom stereocenters. The molecule has 0 aromatic heterocycles. The first-order valence-electron chi connectivity index (χ1n) is 5.23. The Bertz CT molecular complexity index is 739. The second-order valence-electron chi connectivity index (χ2n) is 3.72. The summed E-state index contributed by atoms with van der Waals surface area (Å²) in [4.78, 5) is -0.180. The first-order chi connectivity index (χ1) is 9.24. The van der Waals surface area contributed by atoms with E-state index in [0.717, 1.165) is 5.39 Å². The monoisotopic (exact) mass is 298 g/mol. The van der Waals surface area contributed by atoms with Gasteiger partial charge in [0, 0.05) is 0 Å². The van der Waals surface area contributed by atoms with Gasteiger partial charge in [0.1, 0.15) is 5.75 Å². The van der Waals surface area contributed by atoms with Crippen LogP contribution in [0.15, 0.2) is 46.4 Å². The predicted octanol–water partition coefficient (Wildman–Crippen LogP) is -0.0744. The van der Waals surface area contributed by atoms with Crippen molar-refractivity contribution in [1.29, 1.82) is 0 Å². The fourth-order valence-corrected chi connectivity index (χ4v) is 1.89. The van der Waals surface area contributed by atoms with Crippen molar-refractivity contribution in [2.45, 2.75) is 4.90 Å². The van der Waals surface area contributed by atoms with Crippen LogP contribution in [-0.4, -0.2) is 24.0 Å². The van der Waals surface area contributed by atoms with Gasteiger partial charge >= 0.3 is 0 Å². The van der Waals surface area contributed by atoms with E-state index >= 15 is 0 Å². The van der Waals surface area contributed by atoms with E-state index in [-0.39, 0.29) is 16.6 Å². The molecule has 0 aliphatic carbocycles. The second-order valence-corrected chi connectivity index (χ2v) is 5.14. The van der Waals surface area contributed by atoms with Crippen molar-refractivity contribution in [3.05, 3.63) is 36.4 Å². The van der Waals surface area contributed by atoms with Crippen LogP contribution >= 0.6 is 0 Å². The first kappa shape index (κ1) is 15.5. The molecule has 2 rings (SSSR count). The van der Waals surface area contributed by atoms with Crippen LogP contribution in [0.2, 0.25) is 0 Å². The number of nitrogens with two attached hydrogens (primary N) is 3. The minimum absolute atomic E-state index is 0.0509. The normalized spacial score (nSPS) is 10.4. The molecule has 0 heterocycles. The summed E-state index contributed by atoms with van der Waals surface area (Å²) < 4.78 is 30.5. The van der Waals surface area contributed by atoms with Crippen LogP contribution < -0.4 is 17.3 Å². The molecule has 9 heteroatoms. The molecular weight excluding hydrogens is 284 g/mol. The molecule has 0 aliphatic heterocycles. The van der Waals surface area contributed by atoms with E-state index in [4.69, 9.17) is 16.0 Å². The zero-order valence-corrected chi connectivity index (χ0v) is 11.1. The molecule has 0 saturated carbocycles. The Labute approximate surface area is 115 Å². The molecule has 0 spiro atoms. The molecule has 8 nitrogen and oxygen atoms in total. The van der Waals surface area contributed by atoms with Crippen LogP contribution in [0.1, 0.15) is 0 Å². The summed E-state index contributed by atoms with van der Waals surface area (Å²) in [5.74, 6) is 4.47. The molecular formula is C11H14N4O4S. The number of fused-ring (bicyclic) bond motifs is 1. The number of guanidine groups is 1. The fraction of sp³-hybridized carbons (Fsp3) is 0. The van der Waals surface area contributed by atoms with E-state index in [0.29, 0.717) is 5.39 Å². The summed E-state index contributed by atoms with van der Waals surface area (Å²) >= 11 is 0. The highest BCUT2D eigenvalue weighted by atomic mass is 32.2. The summed E-state index contributed by atoms with van der Waals surface area (Å²) in [5.41, 5.74) is 9.39. The summed E-state index contributed by atoms with van der Waals surface area (Å²) in [6.07, 6.45) is 0. The van der Waals surface area contributed by atoms with Crippen LogP contribution in [0.4, 0.5) is 0 Å². The minimum atomic E-state index is -4.19. The number of nitrogens with zero attached hydrogens (tertiary/aromatic N) is 1. The maximum atomic E-state index is 10.9. The number of benzene rings is 2. The highest BCUT2D eigenvalue weighted by Crippen LogP contribution is 2.22. The van der Waals surface area contributed by atoms with E-state index in [1.165, 1.54) is 24.3 Å². The molecule has 20 heavy (non-hydrogen) atoms. The van der Waals surface area contributed by atoms with Gasteiger partial charge in [-0.2, -0.15) is 8.42 Å². The lowest BCUT2D eigenvalue weighted by atomic mass is 10.1. The lowest BCUT2D eigenvalue weighted by Crippen LogP contribution is -2.23. The zero-order valence-electron chi connectivity index (χ0n) is 10.3. The topological polar surface area (TPSA) is 165 Å². The van der Waals surface area contributed by atoms with Crippen LogP contribution in [0, 0.1) is 0 Å². The highest BCUT2D eigenvalue weighted by molar-refractivity contribution is 7.85. The molecule has 2 aromatic carbocycles. The third-order valence-electron chi connectivity index (χ3n) is 2.24. The summed E-state index contributed by atoms with van der Waals surface area (Å²) in [6.45, 7) is 0. The lowest BCUT2D eigenvalue weighted by Gasteiger charge is -2.01. The molecule has 0 amide bonds. The average Bonchev–Trinajstić information content (AvgIpc) is 2.37. The first-order valence-corrected chi connectivity index (χ1v) is 6.67. The maximum absolute atomic E-state index is 10.9. The van der Waals surface area contributed by atoms with Crippen molar-refractivity contribution in [2.24, 2.45) is 22.4 Å². The number of hydrogen-bond donors (Lipinski definition) is 5. The van der Waals surface area contributed by atoms with Crippen LogP contribution in [-0.2, 0) is 10.1 Å². The van der Waals surface area contributed by atoms with Crippen molar-refractivity contribution in [2.75, 3.05) is 0 Å². The largest absolute Gasteiger partial charge is 0.508 e. The SMILES string of the molecule is NN=C(N)N.O=S(=O)(O)c1ccc2ccc(O)cc2c1. The van der Waals surface area contributed by atoms with Gasteiger partial charge in [0.25, 0.3) is 10.1 Å². The zero-order chi connectivity index (χ0) is 15.3. The molecule has 108 valence electrons. The molecule has 0 unspecified atom stereocenters. The Morgan fingerprint density at radius 2 is 1.60 bits per heavy atom. The Kier molecular flexibility index (Phi) is 4.73. The van der Waals surface area contributed by atoms with E-state index in [1.54, 1.807) is 12.1 Å². The number of phenolic OH excluding ortho intramolecular Hbond substituents is 1. The highest BCUT2D eigenvalue weighted by Gasteiger charge is 2.09. The molecule has 0 radical (unpaired) electrons. The molecule has 0 fully saturated rings. The Balaban J connectivity index is 0.000000347. The predicted molar refractivity (Wildman–Crippen MR) is 75.4 cm³/mol. The molecule has 0 bridgehead atoms. The number of hydrogen-bond acceptors (Lipinski definition) is 5. The molecule has 8 N–H and O–H groups in total. The van der Waals surface area contributed by atoms with Crippen molar-refractivity contribution in [3.63, 3.8) is 0 Å². The standard InChI is InChI=1S/C10H8O4S.CH6N4/c11-9-3-1-7-2-4-10(15(12,13)14)6-8(7)5-9;2-1(3)5-4/h1-6,11H,(H,12,13,14);4H2,(H4,2,3,5). The van der Waals surface area contributed by atoms with E-state index < -0.39 is 10.1 Å². The second kappa shape index (κ2) is 6.08. The number of rotatable bonds is 1. The van der Waals surface area contributed by atoms with Crippen molar-refractivity contribution in [1.82, 2.24) is 0 Å². The van der Waals surface area contributed by atoms with Crippen LogP contribution in [0.5, 0.6) is 5.75 Å². The molecule has 0 saturated heterocycles. The fourth-order valence-electron chi connectivity index (χ4n) is 1.37. The minimum Gasteiger partial charge on any atom is -0.508 e. The summed E-state index contributed by atoms with van der Waals surface area (Å²) in [7, 11) is -4.19. The van der Waals surface area contributed by atoms with E-state index in [9.17, 15) is 13.5 Å². The molecule has 0 aliphatic rings. The Hall–Kier alpha value is -2.52. The van der Waals surface area contributed by atoms with Crippen LogP contribution in [0.25, 0.3) is 10.8 Å². The quantitative estimate of drug-likeness (QED) is 0.161. The van der Waals surface area contributed by atoms with Gasteiger partial charge in [-0.25, -0.2) is 0 Å². The van der Waals surface area contributed by atoms with Crippen molar-refractivity contribution in [3.8, 4) is 5.75 Å². The number of phenols is 1. The Morgan fingerprint density at radius 1 is 1.05 bits per heavy atom. The van der Waals surface area contributed by atoms with Gasteiger partial charge in [0.05, 0.1) is 4.90 Å². The summed E-state index contributed by atoms with van der Waals surface area (Å²) in [5, 5.41) is 13.4. The van der Waals surface area contributed by atoms with Crippen LogP contribution in [0.3, 0.4) is 0 Å². The van der Waals surface area contributed by atoms with Gasteiger partial charge < -0.3 is 22.4 Å². The van der Waals surface area contributed by atoms with Gasteiger partial charge in [-0.05, 0) is 35.0 Å². The van der Waals surface area contributed by atoms with Gasteiger partial charge in [0.15, 0.2) is 0 Å². The van der Waals surface area contributed by atoms with Gasteiger partial charge in [0.2, 0.25) is 5.96 Å². The third-order valence-corrected chi connectivity index (χ3v) is 3.09. The number of hydrazone groups is 1. The summed E-state index contributed by atoms with van der Waals surface area (Å²) in [6, 6.07) is 8.80. The smallest absolute Gasteiger partial charge is 0.294 e. The van der Waals surface area contributed by atoms with E-state index in [1.807, 2.05) is 0 Å². The van der Waals surface area contributed by atoms with E-state index in [2.05, 4.69) is 10.9 Å².